The van der Waals surface area contributed by atoms with Gasteiger partial charge in [0.05, 0.1) is 12.0 Å². The van der Waals surface area contributed by atoms with Crippen LogP contribution >= 0.6 is 0 Å². The molecule has 14 heavy (non-hydrogen) atoms. The monoisotopic (exact) mass is 193 g/mol. The molecule has 1 aromatic heterocycles. The van der Waals surface area contributed by atoms with Gasteiger partial charge in [-0.05, 0) is 6.92 Å². The molecule has 1 heterocycles. The van der Waals surface area contributed by atoms with Crippen molar-refractivity contribution in [2.24, 2.45) is 0 Å². The molecule has 0 aliphatic carbocycles. The van der Waals surface area contributed by atoms with E-state index in [2.05, 4.69) is 15.3 Å². The van der Waals surface area contributed by atoms with Crippen molar-refractivity contribution in [2.75, 3.05) is 6.54 Å². The highest BCUT2D eigenvalue weighted by Gasteiger charge is 2.10. The van der Waals surface area contributed by atoms with E-state index in [4.69, 9.17) is 0 Å². The fourth-order valence-electron chi connectivity index (χ4n) is 0.951. The van der Waals surface area contributed by atoms with Gasteiger partial charge in [-0.15, -0.1) is 0 Å². The Labute approximate surface area is 81.6 Å². The molecule has 0 aliphatic rings. The number of nitrogens with one attached hydrogen (secondary N) is 1. The fraction of sp³-hybridized carbons (Fsp3) is 0.333. The minimum Gasteiger partial charge on any atom is -0.356 e. The van der Waals surface area contributed by atoms with Crippen LogP contribution in [-0.2, 0) is 4.79 Å². The Hall–Kier alpha value is -1.78. The molecule has 1 rings (SSSR count). The van der Waals surface area contributed by atoms with E-state index in [1.54, 1.807) is 6.92 Å². The second-order valence-corrected chi connectivity index (χ2v) is 2.68. The summed E-state index contributed by atoms with van der Waals surface area (Å²) in [6.45, 7) is 2.32. The summed E-state index contributed by atoms with van der Waals surface area (Å²) in [6.07, 6.45) is 3.98. The van der Waals surface area contributed by atoms with Crippen molar-refractivity contribution < 1.29 is 9.59 Å². The first-order chi connectivity index (χ1) is 6.74. The van der Waals surface area contributed by atoms with E-state index in [1.807, 2.05) is 0 Å². The number of amides is 1. The Morgan fingerprint density at radius 2 is 2.00 bits per heavy atom. The lowest BCUT2D eigenvalue weighted by molar-refractivity contribution is -0.120. The normalized spacial score (nSPS) is 9.50. The molecular formula is C9H11N3O2. The Morgan fingerprint density at radius 3 is 2.57 bits per heavy atom. The highest BCUT2D eigenvalue weighted by atomic mass is 16.2. The Bertz CT molecular complexity index is 324. The topological polar surface area (TPSA) is 72.0 Å². The third kappa shape index (κ3) is 2.93. The standard InChI is InChI=1S/C9H11N3O2/c1-2-12-9(14)3-8(13)7-4-10-6-11-5-7/h4-6H,2-3H2,1H3,(H,12,14). The number of carbonyl (C=O) groups excluding carboxylic acids is 2. The number of Topliss-reactive ketones (excluding diaryl/α,β-unsaturated/α-hetero) is 1. The maximum atomic E-state index is 11.4. The molecule has 0 radical (unpaired) electrons. The second kappa shape index (κ2) is 5.06. The Balaban J connectivity index is 2.55. The fourth-order valence-corrected chi connectivity index (χ4v) is 0.951. The molecule has 0 atom stereocenters. The van der Waals surface area contributed by atoms with Gasteiger partial charge in [0, 0.05) is 18.9 Å². The first-order valence-electron chi connectivity index (χ1n) is 4.29. The van der Waals surface area contributed by atoms with Gasteiger partial charge in [-0.3, -0.25) is 9.59 Å². The molecule has 74 valence electrons. The summed E-state index contributed by atoms with van der Waals surface area (Å²) in [5.41, 5.74) is 0.360. The lowest BCUT2D eigenvalue weighted by Crippen LogP contribution is -2.25. The SMILES string of the molecule is CCNC(=O)CC(=O)c1cncnc1. The number of hydrogen-bond donors (Lipinski definition) is 1. The van der Waals surface area contributed by atoms with Crippen molar-refractivity contribution in [3.8, 4) is 0 Å². The van der Waals surface area contributed by atoms with E-state index in [0.717, 1.165) is 0 Å². The summed E-state index contributed by atoms with van der Waals surface area (Å²) in [5.74, 6) is -0.544. The van der Waals surface area contributed by atoms with Crippen LogP contribution in [0.4, 0.5) is 0 Å². The number of aromatic nitrogens is 2. The lowest BCUT2D eigenvalue weighted by atomic mass is 10.1. The average molecular weight is 193 g/mol. The van der Waals surface area contributed by atoms with Gasteiger partial charge < -0.3 is 5.32 Å². The van der Waals surface area contributed by atoms with Gasteiger partial charge in [-0.1, -0.05) is 0 Å². The molecule has 0 unspecified atom stereocenters. The molecule has 1 amide bonds. The second-order valence-electron chi connectivity index (χ2n) is 2.68. The molecule has 5 nitrogen and oxygen atoms in total. The molecule has 0 saturated carbocycles. The number of carbonyl (C=O) groups is 2. The van der Waals surface area contributed by atoms with Crippen LogP contribution in [-0.4, -0.2) is 28.2 Å². The van der Waals surface area contributed by atoms with E-state index >= 15 is 0 Å². The zero-order valence-corrected chi connectivity index (χ0v) is 7.86. The predicted molar refractivity (Wildman–Crippen MR) is 49.7 cm³/mol. The molecule has 0 saturated heterocycles. The van der Waals surface area contributed by atoms with Gasteiger partial charge in [0.2, 0.25) is 5.91 Å². The van der Waals surface area contributed by atoms with Crippen LogP contribution in [0.3, 0.4) is 0 Å². The number of rotatable bonds is 4. The smallest absolute Gasteiger partial charge is 0.227 e. The molecule has 0 fully saturated rings. The summed E-state index contributed by atoms with van der Waals surface area (Å²) in [5, 5.41) is 2.55. The number of hydrogen-bond acceptors (Lipinski definition) is 4. The van der Waals surface area contributed by atoms with E-state index in [0.29, 0.717) is 12.1 Å². The highest BCUT2D eigenvalue weighted by Crippen LogP contribution is 1.98. The largest absolute Gasteiger partial charge is 0.356 e. The maximum Gasteiger partial charge on any atom is 0.227 e. The number of nitrogens with zero attached hydrogens (tertiary/aromatic N) is 2. The molecule has 0 bridgehead atoms. The van der Waals surface area contributed by atoms with E-state index in [1.165, 1.54) is 18.7 Å². The zero-order chi connectivity index (χ0) is 10.4. The van der Waals surface area contributed by atoms with Crippen LogP contribution in [0, 0.1) is 0 Å². The summed E-state index contributed by atoms with van der Waals surface area (Å²) >= 11 is 0. The van der Waals surface area contributed by atoms with Gasteiger partial charge in [0.1, 0.15) is 6.33 Å². The van der Waals surface area contributed by atoms with E-state index in [9.17, 15) is 9.59 Å². The molecule has 0 aliphatic heterocycles. The van der Waals surface area contributed by atoms with Gasteiger partial charge in [0.25, 0.3) is 0 Å². The third-order valence-corrected chi connectivity index (χ3v) is 1.58. The molecule has 5 heteroatoms. The number of ketones is 1. The van der Waals surface area contributed by atoms with Crippen LogP contribution in [0.25, 0.3) is 0 Å². The molecule has 0 aromatic carbocycles. The van der Waals surface area contributed by atoms with Crippen molar-refractivity contribution >= 4 is 11.7 Å². The van der Waals surface area contributed by atoms with Crippen molar-refractivity contribution in [2.45, 2.75) is 13.3 Å². The average Bonchev–Trinajstić information content (AvgIpc) is 2.19. The third-order valence-electron chi connectivity index (χ3n) is 1.58. The van der Waals surface area contributed by atoms with Crippen molar-refractivity contribution in [1.82, 2.24) is 15.3 Å². The highest BCUT2D eigenvalue weighted by molar-refractivity contribution is 6.06. The van der Waals surface area contributed by atoms with Crippen molar-refractivity contribution in [3.63, 3.8) is 0 Å². The van der Waals surface area contributed by atoms with E-state index < -0.39 is 0 Å². The van der Waals surface area contributed by atoms with Gasteiger partial charge in [0.15, 0.2) is 5.78 Å². The van der Waals surface area contributed by atoms with Crippen LogP contribution in [0.2, 0.25) is 0 Å². The van der Waals surface area contributed by atoms with Crippen molar-refractivity contribution in [1.29, 1.82) is 0 Å². The molecule has 1 N–H and O–H groups in total. The van der Waals surface area contributed by atoms with Crippen LogP contribution in [0.1, 0.15) is 23.7 Å². The summed E-state index contributed by atoms with van der Waals surface area (Å²) in [4.78, 5) is 29.8. The van der Waals surface area contributed by atoms with Crippen molar-refractivity contribution in [3.05, 3.63) is 24.3 Å². The minimum absolute atomic E-state index is 0.152. The molecular weight excluding hydrogens is 182 g/mol. The van der Waals surface area contributed by atoms with Gasteiger partial charge >= 0.3 is 0 Å². The first kappa shape index (κ1) is 10.3. The minimum atomic E-state index is -0.277. The maximum absolute atomic E-state index is 11.4. The van der Waals surface area contributed by atoms with E-state index in [-0.39, 0.29) is 18.1 Å². The Morgan fingerprint density at radius 1 is 1.36 bits per heavy atom. The van der Waals surface area contributed by atoms with Crippen LogP contribution in [0.5, 0.6) is 0 Å². The molecule has 0 spiro atoms. The van der Waals surface area contributed by atoms with Crippen LogP contribution in [0.15, 0.2) is 18.7 Å². The summed E-state index contributed by atoms with van der Waals surface area (Å²) in [6, 6.07) is 0. The van der Waals surface area contributed by atoms with Gasteiger partial charge in [-0.25, -0.2) is 9.97 Å². The lowest BCUT2D eigenvalue weighted by Gasteiger charge is -2.00. The molecule has 1 aromatic rings. The quantitative estimate of drug-likeness (QED) is 0.547. The Kier molecular flexibility index (Phi) is 3.72. The first-order valence-corrected chi connectivity index (χ1v) is 4.29. The predicted octanol–water partition coefficient (Wildman–Crippen LogP) is 0.185. The summed E-state index contributed by atoms with van der Waals surface area (Å²) in [7, 11) is 0. The van der Waals surface area contributed by atoms with Crippen LogP contribution < -0.4 is 5.32 Å². The zero-order valence-electron chi connectivity index (χ0n) is 7.86. The summed E-state index contributed by atoms with van der Waals surface area (Å²) < 4.78 is 0. The van der Waals surface area contributed by atoms with Gasteiger partial charge in [-0.2, -0.15) is 0 Å².